The highest BCUT2D eigenvalue weighted by atomic mass is 16.3. The maximum Gasteiger partial charge on any atom is 0.0755 e. The molecule has 2 aromatic rings. The average molecular weight is 255 g/mol. The van der Waals surface area contributed by atoms with E-state index in [2.05, 4.69) is 24.3 Å². The summed E-state index contributed by atoms with van der Waals surface area (Å²) in [6, 6.07) is 17.9. The predicted octanol–water partition coefficient (Wildman–Crippen LogP) is 3.37. The van der Waals surface area contributed by atoms with Crippen LogP contribution in [0.1, 0.15) is 25.5 Å². The van der Waals surface area contributed by atoms with Crippen LogP contribution >= 0.6 is 0 Å². The SMILES string of the molecule is CC(C)[C@H](O)[C@H](N)c1cccc(-c2ccccc2)c1. The van der Waals surface area contributed by atoms with Crippen LogP contribution in [0, 0.1) is 5.92 Å². The molecular formula is C17H21NO. The Hall–Kier alpha value is -1.64. The van der Waals surface area contributed by atoms with Crippen molar-refractivity contribution in [1.82, 2.24) is 0 Å². The van der Waals surface area contributed by atoms with Gasteiger partial charge in [-0.15, -0.1) is 0 Å². The maximum atomic E-state index is 10.1. The van der Waals surface area contributed by atoms with Crippen molar-refractivity contribution in [3.05, 3.63) is 60.2 Å². The average Bonchev–Trinajstić information content (AvgIpc) is 2.46. The van der Waals surface area contributed by atoms with E-state index in [1.54, 1.807) is 0 Å². The van der Waals surface area contributed by atoms with E-state index in [9.17, 15) is 5.11 Å². The van der Waals surface area contributed by atoms with E-state index in [0.717, 1.165) is 16.7 Å². The van der Waals surface area contributed by atoms with Gasteiger partial charge in [-0.25, -0.2) is 0 Å². The number of benzene rings is 2. The second-order valence-electron chi connectivity index (χ2n) is 5.25. The molecule has 3 N–H and O–H groups in total. The Bertz CT molecular complexity index is 522. The van der Waals surface area contributed by atoms with Gasteiger partial charge in [-0.3, -0.25) is 0 Å². The second-order valence-corrected chi connectivity index (χ2v) is 5.25. The molecule has 0 unspecified atom stereocenters. The van der Waals surface area contributed by atoms with E-state index < -0.39 is 6.10 Å². The van der Waals surface area contributed by atoms with Crippen LogP contribution in [0.4, 0.5) is 0 Å². The van der Waals surface area contributed by atoms with Crippen LogP contribution in [0.15, 0.2) is 54.6 Å². The van der Waals surface area contributed by atoms with Crippen LogP contribution in [0.3, 0.4) is 0 Å². The molecule has 0 saturated heterocycles. The first-order valence-corrected chi connectivity index (χ1v) is 6.68. The molecule has 0 amide bonds. The summed E-state index contributed by atoms with van der Waals surface area (Å²) < 4.78 is 0. The highest BCUT2D eigenvalue weighted by Crippen LogP contribution is 2.25. The molecule has 100 valence electrons. The normalized spacial score (nSPS) is 14.4. The zero-order chi connectivity index (χ0) is 13.8. The van der Waals surface area contributed by atoms with Crippen LogP contribution < -0.4 is 5.73 Å². The Balaban J connectivity index is 2.30. The van der Waals surface area contributed by atoms with Gasteiger partial charge in [0, 0.05) is 0 Å². The minimum Gasteiger partial charge on any atom is -0.391 e. The van der Waals surface area contributed by atoms with Crippen molar-refractivity contribution in [3.63, 3.8) is 0 Å². The zero-order valence-electron chi connectivity index (χ0n) is 11.5. The van der Waals surface area contributed by atoms with E-state index in [1.165, 1.54) is 0 Å². The molecule has 0 fully saturated rings. The maximum absolute atomic E-state index is 10.1. The fourth-order valence-corrected chi connectivity index (χ4v) is 2.17. The molecule has 2 heteroatoms. The Morgan fingerprint density at radius 3 is 2.16 bits per heavy atom. The minimum atomic E-state index is -0.522. The molecule has 0 bridgehead atoms. The molecule has 2 aromatic carbocycles. The number of aliphatic hydroxyl groups is 1. The highest BCUT2D eigenvalue weighted by Gasteiger charge is 2.20. The summed E-state index contributed by atoms with van der Waals surface area (Å²) in [5.41, 5.74) is 9.40. The number of nitrogens with two attached hydrogens (primary N) is 1. The summed E-state index contributed by atoms with van der Waals surface area (Å²) in [6.07, 6.45) is -0.522. The Morgan fingerprint density at radius 2 is 1.53 bits per heavy atom. The second kappa shape index (κ2) is 6.00. The summed E-state index contributed by atoms with van der Waals surface area (Å²) in [5.74, 6) is 0.149. The third-order valence-corrected chi connectivity index (χ3v) is 3.43. The van der Waals surface area contributed by atoms with Crippen LogP contribution in [0.25, 0.3) is 11.1 Å². The minimum absolute atomic E-state index is 0.149. The molecule has 19 heavy (non-hydrogen) atoms. The predicted molar refractivity (Wildman–Crippen MR) is 79.7 cm³/mol. The van der Waals surface area contributed by atoms with Crippen molar-refractivity contribution >= 4 is 0 Å². The van der Waals surface area contributed by atoms with Crippen molar-refractivity contribution in [2.75, 3.05) is 0 Å². The lowest BCUT2D eigenvalue weighted by molar-refractivity contribution is 0.0979. The molecule has 0 aliphatic heterocycles. The Kier molecular flexibility index (Phi) is 4.35. The van der Waals surface area contributed by atoms with Gasteiger partial charge < -0.3 is 10.8 Å². The van der Waals surface area contributed by atoms with Crippen molar-refractivity contribution in [3.8, 4) is 11.1 Å². The molecule has 2 atom stereocenters. The quantitative estimate of drug-likeness (QED) is 0.880. The van der Waals surface area contributed by atoms with Gasteiger partial charge in [-0.05, 0) is 28.7 Å². The van der Waals surface area contributed by atoms with E-state index in [1.807, 2.05) is 44.2 Å². The molecule has 0 heterocycles. The Labute approximate surface area is 114 Å². The van der Waals surface area contributed by atoms with Gasteiger partial charge in [0.05, 0.1) is 12.1 Å². The van der Waals surface area contributed by atoms with Crippen LogP contribution in [-0.2, 0) is 0 Å². The molecule has 0 spiro atoms. The van der Waals surface area contributed by atoms with E-state index in [0.29, 0.717) is 0 Å². The van der Waals surface area contributed by atoms with Crippen molar-refractivity contribution < 1.29 is 5.11 Å². The first-order chi connectivity index (χ1) is 9.09. The van der Waals surface area contributed by atoms with Gasteiger partial charge in [0.1, 0.15) is 0 Å². The molecule has 0 aromatic heterocycles. The lowest BCUT2D eigenvalue weighted by Gasteiger charge is -2.22. The number of rotatable bonds is 4. The fourth-order valence-electron chi connectivity index (χ4n) is 2.17. The van der Waals surface area contributed by atoms with Crippen LogP contribution in [-0.4, -0.2) is 11.2 Å². The third kappa shape index (κ3) is 3.22. The molecular weight excluding hydrogens is 234 g/mol. The lowest BCUT2D eigenvalue weighted by Crippen LogP contribution is -2.30. The lowest BCUT2D eigenvalue weighted by atomic mass is 9.92. The zero-order valence-corrected chi connectivity index (χ0v) is 11.5. The summed E-state index contributed by atoms with van der Waals surface area (Å²) in [5, 5.41) is 10.1. The number of aliphatic hydroxyl groups excluding tert-OH is 1. The summed E-state index contributed by atoms with van der Waals surface area (Å²) >= 11 is 0. The first-order valence-electron chi connectivity index (χ1n) is 6.68. The Morgan fingerprint density at radius 1 is 0.895 bits per heavy atom. The van der Waals surface area contributed by atoms with Gasteiger partial charge in [0.25, 0.3) is 0 Å². The van der Waals surface area contributed by atoms with Crippen molar-refractivity contribution in [2.45, 2.75) is 26.0 Å². The monoisotopic (exact) mass is 255 g/mol. The molecule has 2 rings (SSSR count). The smallest absolute Gasteiger partial charge is 0.0755 e. The van der Waals surface area contributed by atoms with Gasteiger partial charge in [-0.2, -0.15) is 0 Å². The fraction of sp³-hybridized carbons (Fsp3) is 0.294. The van der Waals surface area contributed by atoms with E-state index in [4.69, 9.17) is 5.73 Å². The molecule has 0 aliphatic carbocycles. The summed E-state index contributed by atoms with van der Waals surface area (Å²) in [6.45, 7) is 3.96. The largest absolute Gasteiger partial charge is 0.391 e. The summed E-state index contributed by atoms with van der Waals surface area (Å²) in [4.78, 5) is 0. The highest BCUT2D eigenvalue weighted by molar-refractivity contribution is 5.64. The van der Waals surface area contributed by atoms with Crippen molar-refractivity contribution in [1.29, 1.82) is 0 Å². The number of hydrogen-bond acceptors (Lipinski definition) is 2. The molecule has 2 nitrogen and oxygen atoms in total. The van der Waals surface area contributed by atoms with E-state index >= 15 is 0 Å². The van der Waals surface area contributed by atoms with Crippen molar-refractivity contribution in [2.24, 2.45) is 11.7 Å². The topological polar surface area (TPSA) is 46.2 Å². The van der Waals surface area contributed by atoms with Gasteiger partial charge in [-0.1, -0.05) is 62.4 Å². The third-order valence-electron chi connectivity index (χ3n) is 3.43. The van der Waals surface area contributed by atoms with Gasteiger partial charge >= 0.3 is 0 Å². The van der Waals surface area contributed by atoms with Gasteiger partial charge in [0.2, 0.25) is 0 Å². The molecule has 0 radical (unpaired) electrons. The number of hydrogen-bond donors (Lipinski definition) is 2. The standard InChI is InChI=1S/C17H21NO/c1-12(2)17(19)16(18)15-10-6-9-14(11-15)13-7-4-3-5-8-13/h3-12,16-17,19H,18H2,1-2H3/t16-,17+/m1/s1. The van der Waals surface area contributed by atoms with E-state index in [-0.39, 0.29) is 12.0 Å². The van der Waals surface area contributed by atoms with Crippen LogP contribution in [0.2, 0.25) is 0 Å². The van der Waals surface area contributed by atoms with Gasteiger partial charge in [0.15, 0.2) is 0 Å². The molecule has 0 aliphatic rings. The first kappa shape index (κ1) is 13.8. The molecule has 0 saturated carbocycles. The summed E-state index contributed by atoms with van der Waals surface area (Å²) in [7, 11) is 0. The van der Waals surface area contributed by atoms with Crippen LogP contribution in [0.5, 0.6) is 0 Å².